The smallest absolute Gasteiger partial charge is 0.242 e. The van der Waals surface area contributed by atoms with Gasteiger partial charge in [-0.2, -0.15) is 5.26 Å². The van der Waals surface area contributed by atoms with E-state index in [1.807, 2.05) is 11.0 Å². The highest BCUT2D eigenvalue weighted by molar-refractivity contribution is 7.19. The lowest BCUT2D eigenvalue weighted by atomic mass is 10.3. The fraction of sp³-hybridized carbons (Fsp3) is 0.588. The summed E-state index contributed by atoms with van der Waals surface area (Å²) in [6.07, 6.45) is 1.48. The van der Waals surface area contributed by atoms with Crippen LogP contribution in [0.25, 0.3) is 0 Å². The standard InChI is InChI=1S/C17H21ClN6O3S/c18-16-12(10-19)21-17(28-16)23-7-4-20-13(25)3-6-22(8-9-23)15(27)11-24-5-1-2-14(24)26/h1-9,11H2,(H,20,25). The maximum atomic E-state index is 12.7. The lowest BCUT2D eigenvalue weighted by molar-refractivity contribution is -0.138. The van der Waals surface area contributed by atoms with Gasteiger partial charge in [0.25, 0.3) is 0 Å². The summed E-state index contributed by atoms with van der Waals surface area (Å²) in [6.45, 7) is 2.75. The van der Waals surface area contributed by atoms with Crippen LogP contribution >= 0.6 is 22.9 Å². The number of rotatable bonds is 3. The first-order valence-electron chi connectivity index (χ1n) is 9.11. The van der Waals surface area contributed by atoms with Crippen molar-refractivity contribution in [2.45, 2.75) is 19.3 Å². The summed E-state index contributed by atoms with van der Waals surface area (Å²) in [7, 11) is 0. The quantitative estimate of drug-likeness (QED) is 0.754. The van der Waals surface area contributed by atoms with E-state index in [1.165, 1.54) is 11.3 Å². The Labute approximate surface area is 171 Å². The van der Waals surface area contributed by atoms with Crippen LogP contribution in [-0.4, -0.2) is 78.3 Å². The lowest BCUT2D eigenvalue weighted by Gasteiger charge is -2.30. The second-order valence-electron chi connectivity index (χ2n) is 6.62. The van der Waals surface area contributed by atoms with Crippen molar-refractivity contribution < 1.29 is 14.4 Å². The predicted octanol–water partition coefficient (Wildman–Crippen LogP) is 0.445. The molecule has 0 aromatic carbocycles. The van der Waals surface area contributed by atoms with Gasteiger partial charge in [-0.1, -0.05) is 22.9 Å². The van der Waals surface area contributed by atoms with Gasteiger partial charge in [0, 0.05) is 52.1 Å². The number of halogens is 1. The number of carbonyl (C=O) groups excluding carboxylic acids is 3. The van der Waals surface area contributed by atoms with E-state index < -0.39 is 0 Å². The van der Waals surface area contributed by atoms with E-state index in [-0.39, 0.29) is 36.4 Å². The zero-order valence-corrected chi connectivity index (χ0v) is 16.9. The fourth-order valence-electron chi connectivity index (χ4n) is 3.19. The van der Waals surface area contributed by atoms with Gasteiger partial charge in [0.2, 0.25) is 17.7 Å². The average Bonchev–Trinajstić information content (AvgIpc) is 3.25. The molecular formula is C17H21ClN6O3S. The van der Waals surface area contributed by atoms with E-state index in [4.69, 9.17) is 16.9 Å². The summed E-state index contributed by atoms with van der Waals surface area (Å²) < 4.78 is 0.319. The second kappa shape index (κ2) is 9.21. The molecule has 0 spiro atoms. The van der Waals surface area contributed by atoms with E-state index in [9.17, 15) is 14.4 Å². The molecule has 2 fully saturated rings. The molecule has 2 aliphatic rings. The topological polar surface area (TPSA) is 110 Å². The number of amides is 3. The van der Waals surface area contributed by atoms with Gasteiger partial charge in [-0.3, -0.25) is 14.4 Å². The fourth-order valence-corrected chi connectivity index (χ4v) is 4.28. The molecule has 0 radical (unpaired) electrons. The first kappa shape index (κ1) is 20.4. The van der Waals surface area contributed by atoms with Crippen LogP contribution in [0.2, 0.25) is 4.34 Å². The Morgan fingerprint density at radius 1 is 1.21 bits per heavy atom. The molecule has 0 bridgehead atoms. The predicted molar refractivity (Wildman–Crippen MR) is 104 cm³/mol. The summed E-state index contributed by atoms with van der Waals surface area (Å²) in [4.78, 5) is 45.9. The number of nitrogens with zero attached hydrogens (tertiary/aromatic N) is 5. The molecule has 1 aromatic heterocycles. The molecule has 0 atom stereocenters. The van der Waals surface area contributed by atoms with Crippen molar-refractivity contribution in [3.63, 3.8) is 0 Å². The highest BCUT2D eigenvalue weighted by atomic mass is 35.5. The molecule has 9 nitrogen and oxygen atoms in total. The van der Waals surface area contributed by atoms with Crippen molar-refractivity contribution in [1.82, 2.24) is 20.1 Å². The molecule has 3 rings (SSSR count). The SMILES string of the molecule is N#Cc1nc(N2CCNC(=O)CCN(C(=O)CN3CCCC3=O)CC2)sc1Cl. The second-order valence-corrected chi connectivity index (χ2v) is 8.20. The largest absolute Gasteiger partial charge is 0.354 e. The molecule has 1 N–H and O–H groups in total. The number of thiazole rings is 1. The van der Waals surface area contributed by atoms with Crippen LogP contribution in [0.15, 0.2) is 0 Å². The molecule has 150 valence electrons. The van der Waals surface area contributed by atoms with Crippen molar-refractivity contribution in [2.24, 2.45) is 0 Å². The van der Waals surface area contributed by atoms with Crippen LogP contribution in [0.4, 0.5) is 5.13 Å². The maximum absolute atomic E-state index is 12.7. The Kier molecular flexibility index (Phi) is 6.70. The van der Waals surface area contributed by atoms with Gasteiger partial charge in [-0.15, -0.1) is 0 Å². The molecule has 0 saturated carbocycles. The Balaban J connectivity index is 1.70. The van der Waals surface area contributed by atoms with E-state index in [0.29, 0.717) is 55.2 Å². The minimum Gasteiger partial charge on any atom is -0.354 e. The van der Waals surface area contributed by atoms with Crippen LogP contribution in [0.1, 0.15) is 25.0 Å². The molecule has 11 heteroatoms. The van der Waals surface area contributed by atoms with Gasteiger partial charge >= 0.3 is 0 Å². The third kappa shape index (κ3) is 4.91. The number of likely N-dealkylation sites (tertiary alicyclic amines) is 1. The van der Waals surface area contributed by atoms with Gasteiger partial charge in [-0.25, -0.2) is 4.98 Å². The van der Waals surface area contributed by atoms with Gasteiger partial charge in [0.1, 0.15) is 10.4 Å². The summed E-state index contributed by atoms with van der Waals surface area (Å²) in [5.41, 5.74) is 0.170. The van der Waals surface area contributed by atoms with Crippen molar-refractivity contribution in [3.05, 3.63) is 10.0 Å². The van der Waals surface area contributed by atoms with Crippen molar-refractivity contribution in [1.29, 1.82) is 5.26 Å². The Morgan fingerprint density at radius 3 is 2.71 bits per heavy atom. The molecule has 0 aliphatic carbocycles. The summed E-state index contributed by atoms with van der Waals surface area (Å²) in [5, 5.41) is 12.5. The van der Waals surface area contributed by atoms with Gasteiger partial charge < -0.3 is 20.0 Å². The number of hydrogen-bond acceptors (Lipinski definition) is 7. The minimum absolute atomic E-state index is 0.00440. The number of carbonyl (C=O) groups is 3. The van der Waals surface area contributed by atoms with Gasteiger partial charge in [0.15, 0.2) is 10.8 Å². The summed E-state index contributed by atoms with van der Waals surface area (Å²) in [5.74, 6) is -0.305. The molecule has 1 aromatic rings. The Morgan fingerprint density at radius 2 is 2.04 bits per heavy atom. The summed E-state index contributed by atoms with van der Waals surface area (Å²) >= 11 is 7.24. The Hall–Kier alpha value is -2.38. The average molecular weight is 425 g/mol. The number of nitrogens with one attached hydrogen (secondary N) is 1. The van der Waals surface area contributed by atoms with E-state index in [2.05, 4.69) is 10.3 Å². The maximum Gasteiger partial charge on any atom is 0.242 e. The molecule has 2 saturated heterocycles. The Bertz CT molecular complexity index is 807. The molecule has 0 unspecified atom stereocenters. The van der Waals surface area contributed by atoms with Crippen LogP contribution < -0.4 is 10.2 Å². The third-order valence-corrected chi connectivity index (χ3v) is 6.07. The highest BCUT2D eigenvalue weighted by Crippen LogP contribution is 2.30. The van der Waals surface area contributed by atoms with Crippen molar-refractivity contribution in [2.75, 3.05) is 50.7 Å². The lowest BCUT2D eigenvalue weighted by Crippen LogP contribution is -2.47. The number of nitriles is 1. The van der Waals surface area contributed by atoms with Crippen molar-refractivity contribution in [3.8, 4) is 6.07 Å². The van der Waals surface area contributed by atoms with Gasteiger partial charge in [0.05, 0.1) is 6.54 Å². The number of aromatic nitrogens is 1. The van der Waals surface area contributed by atoms with Crippen molar-refractivity contribution >= 4 is 45.8 Å². The van der Waals surface area contributed by atoms with Crippen LogP contribution in [0, 0.1) is 11.3 Å². The van der Waals surface area contributed by atoms with Gasteiger partial charge in [-0.05, 0) is 6.42 Å². The molecule has 3 amide bonds. The monoisotopic (exact) mass is 424 g/mol. The number of hydrogen-bond donors (Lipinski definition) is 1. The molecule has 2 aliphatic heterocycles. The molecule has 28 heavy (non-hydrogen) atoms. The van der Waals surface area contributed by atoms with E-state index in [0.717, 1.165) is 6.42 Å². The summed E-state index contributed by atoms with van der Waals surface area (Å²) in [6, 6.07) is 1.95. The molecule has 3 heterocycles. The normalized spacial score (nSPS) is 18.8. The minimum atomic E-state index is -0.168. The van der Waals surface area contributed by atoms with Crippen LogP contribution in [0.3, 0.4) is 0 Å². The molecular weight excluding hydrogens is 404 g/mol. The highest BCUT2D eigenvalue weighted by Gasteiger charge is 2.26. The zero-order chi connectivity index (χ0) is 20.1. The first-order chi connectivity index (χ1) is 13.5. The van der Waals surface area contributed by atoms with E-state index >= 15 is 0 Å². The zero-order valence-electron chi connectivity index (χ0n) is 15.3. The van der Waals surface area contributed by atoms with Crippen LogP contribution in [-0.2, 0) is 14.4 Å². The van der Waals surface area contributed by atoms with Crippen LogP contribution in [0.5, 0.6) is 0 Å². The first-order valence-corrected chi connectivity index (χ1v) is 10.3. The van der Waals surface area contributed by atoms with E-state index in [1.54, 1.807) is 9.80 Å². The number of anilines is 1. The third-order valence-electron chi connectivity index (χ3n) is 4.75.